The Balaban J connectivity index is 1.31. The van der Waals surface area contributed by atoms with Crippen LogP contribution >= 0.6 is 0 Å². The number of amides is 3. The van der Waals surface area contributed by atoms with E-state index in [9.17, 15) is 19.2 Å². The van der Waals surface area contributed by atoms with Gasteiger partial charge in [-0.3, -0.25) is 19.3 Å². The van der Waals surface area contributed by atoms with Crippen LogP contribution in [0.4, 0.5) is 16.2 Å². The van der Waals surface area contributed by atoms with Gasteiger partial charge in [-0.05, 0) is 73.4 Å². The number of fused-ring (bicyclic) bond motifs is 1. The Morgan fingerprint density at radius 1 is 0.840 bits per heavy atom. The summed E-state index contributed by atoms with van der Waals surface area (Å²) in [6.45, 7) is 1.04. The maximum absolute atomic E-state index is 13.9. The van der Waals surface area contributed by atoms with Gasteiger partial charge in [0.05, 0.1) is 30.5 Å². The molecule has 3 amide bonds. The second-order valence-corrected chi connectivity index (χ2v) is 11.8. The molecule has 5 rings (SSSR count). The average Bonchev–Trinajstić information content (AvgIpc) is 3.44. The normalized spacial score (nSPS) is 17.0. The van der Waals surface area contributed by atoms with Crippen LogP contribution in [0.5, 0.6) is 11.5 Å². The van der Waals surface area contributed by atoms with Gasteiger partial charge in [-0.15, -0.1) is 6.42 Å². The number of nitrogens with zero attached hydrogens (tertiary/aromatic N) is 2. The Morgan fingerprint density at radius 2 is 1.50 bits per heavy atom. The van der Waals surface area contributed by atoms with E-state index in [0.717, 1.165) is 5.39 Å². The van der Waals surface area contributed by atoms with Crippen LogP contribution in [0, 0.1) is 24.2 Å². The smallest absolute Gasteiger partial charge is 0.421 e. The minimum absolute atomic E-state index is 0.108. The van der Waals surface area contributed by atoms with E-state index in [1.807, 2.05) is 12.1 Å². The topological polar surface area (TPSA) is 130 Å². The third-order valence-corrected chi connectivity index (χ3v) is 8.61. The van der Waals surface area contributed by atoms with E-state index in [-0.39, 0.29) is 30.3 Å². The summed E-state index contributed by atoms with van der Waals surface area (Å²) in [6, 6.07) is 16.0. The van der Waals surface area contributed by atoms with Gasteiger partial charge in [0, 0.05) is 43.9 Å². The molecule has 1 aliphatic carbocycles. The zero-order chi connectivity index (χ0) is 35.5. The van der Waals surface area contributed by atoms with Crippen LogP contribution in [-0.4, -0.2) is 82.8 Å². The first-order valence-corrected chi connectivity index (χ1v) is 16.4. The van der Waals surface area contributed by atoms with E-state index in [2.05, 4.69) is 5.92 Å². The highest BCUT2D eigenvalue weighted by molar-refractivity contribution is 6.13. The Bertz CT molecular complexity index is 1750. The van der Waals surface area contributed by atoms with Gasteiger partial charge in [0.1, 0.15) is 13.2 Å². The molecule has 262 valence electrons. The summed E-state index contributed by atoms with van der Waals surface area (Å²) in [5, 5.41) is 1.42. The number of esters is 1. The lowest BCUT2D eigenvalue weighted by Crippen LogP contribution is -2.37. The quantitative estimate of drug-likeness (QED) is 0.0677. The van der Waals surface area contributed by atoms with E-state index in [0.29, 0.717) is 85.9 Å². The molecule has 2 aliphatic rings. The van der Waals surface area contributed by atoms with Crippen LogP contribution in [-0.2, 0) is 33.3 Å². The van der Waals surface area contributed by atoms with Gasteiger partial charge < -0.3 is 28.4 Å². The predicted octanol–water partition coefficient (Wildman–Crippen LogP) is 5.38. The van der Waals surface area contributed by atoms with Crippen LogP contribution < -0.4 is 14.4 Å². The lowest BCUT2D eigenvalue weighted by Gasteiger charge is -2.29. The Hall–Kier alpha value is -5.38. The summed E-state index contributed by atoms with van der Waals surface area (Å²) in [7, 11) is 3.17. The SMILES string of the molecule is C#Cc1cccc(N(C(=O)OCOC(=O)C2CCC(CN3C(=O)C=CC3=O)CC2)c2cccc3cc(OCCOC)c(OCCOC)cc23)c1. The van der Waals surface area contributed by atoms with Crippen molar-refractivity contribution >= 4 is 46.0 Å². The summed E-state index contributed by atoms with van der Waals surface area (Å²) in [5.41, 5.74) is 1.46. The van der Waals surface area contributed by atoms with Crippen molar-refractivity contribution < 1.29 is 47.6 Å². The minimum Gasteiger partial charge on any atom is -0.487 e. The summed E-state index contributed by atoms with van der Waals surface area (Å²) in [5.74, 6) is 2.17. The predicted molar refractivity (Wildman–Crippen MR) is 184 cm³/mol. The number of rotatable bonds is 15. The van der Waals surface area contributed by atoms with Gasteiger partial charge in [0.25, 0.3) is 11.8 Å². The second-order valence-electron chi connectivity index (χ2n) is 11.8. The van der Waals surface area contributed by atoms with E-state index in [1.54, 1.807) is 56.7 Å². The van der Waals surface area contributed by atoms with E-state index >= 15 is 0 Å². The number of carbonyl (C=O) groups excluding carboxylic acids is 4. The highest BCUT2D eigenvalue weighted by Gasteiger charge is 2.32. The monoisotopic (exact) mass is 684 g/mol. The minimum atomic E-state index is -0.793. The largest absolute Gasteiger partial charge is 0.487 e. The molecule has 0 bridgehead atoms. The van der Waals surface area contributed by atoms with Crippen molar-refractivity contribution in [1.82, 2.24) is 4.90 Å². The number of benzene rings is 3. The van der Waals surface area contributed by atoms with Crippen LogP contribution in [0.25, 0.3) is 10.8 Å². The van der Waals surface area contributed by atoms with Crippen molar-refractivity contribution in [1.29, 1.82) is 0 Å². The number of hydrogen-bond acceptors (Lipinski definition) is 10. The number of terminal acetylenes is 1. The molecule has 0 aromatic heterocycles. The lowest BCUT2D eigenvalue weighted by molar-refractivity contribution is -0.158. The first-order valence-electron chi connectivity index (χ1n) is 16.4. The van der Waals surface area contributed by atoms with Gasteiger partial charge in [0.15, 0.2) is 11.5 Å². The zero-order valence-electron chi connectivity index (χ0n) is 28.1. The highest BCUT2D eigenvalue weighted by Crippen LogP contribution is 2.40. The number of ether oxygens (including phenoxy) is 6. The number of hydrogen-bond donors (Lipinski definition) is 0. The molecular formula is C38H40N2O10. The molecule has 3 aromatic rings. The van der Waals surface area contributed by atoms with Crippen molar-refractivity contribution in [3.8, 4) is 23.8 Å². The summed E-state index contributed by atoms with van der Waals surface area (Å²) < 4.78 is 33.2. The molecule has 0 N–H and O–H groups in total. The molecule has 0 atom stereocenters. The molecule has 0 unspecified atom stereocenters. The van der Waals surface area contributed by atoms with E-state index in [1.165, 1.54) is 22.0 Å². The fourth-order valence-electron chi connectivity index (χ4n) is 6.01. The summed E-state index contributed by atoms with van der Waals surface area (Å²) in [4.78, 5) is 53.2. The van der Waals surface area contributed by atoms with E-state index < -0.39 is 18.9 Å². The summed E-state index contributed by atoms with van der Waals surface area (Å²) >= 11 is 0. The van der Waals surface area contributed by atoms with Gasteiger partial charge in [-0.25, -0.2) is 9.69 Å². The highest BCUT2D eigenvalue weighted by atomic mass is 16.7. The first-order chi connectivity index (χ1) is 24.3. The van der Waals surface area contributed by atoms with Crippen molar-refractivity contribution in [3.63, 3.8) is 0 Å². The molecule has 1 saturated carbocycles. The Kier molecular flexibility index (Phi) is 12.4. The molecule has 12 heteroatoms. The van der Waals surface area contributed by atoms with E-state index in [4.69, 9.17) is 34.8 Å². The fourth-order valence-corrected chi connectivity index (χ4v) is 6.01. The maximum atomic E-state index is 13.9. The molecular weight excluding hydrogens is 644 g/mol. The van der Waals surface area contributed by atoms with Crippen molar-refractivity contribution in [2.24, 2.45) is 11.8 Å². The molecule has 50 heavy (non-hydrogen) atoms. The maximum Gasteiger partial charge on any atom is 0.421 e. The van der Waals surface area contributed by atoms with Gasteiger partial charge in [0.2, 0.25) is 6.79 Å². The third kappa shape index (κ3) is 8.80. The lowest BCUT2D eigenvalue weighted by atomic mass is 9.82. The third-order valence-electron chi connectivity index (χ3n) is 8.61. The number of methoxy groups -OCH3 is 2. The van der Waals surface area contributed by atoms with Gasteiger partial charge in [-0.2, -0.15) is 0 Å². The Labute approximate surface area is 290 Å². The molecule has 0 spiro atoms. The van der Waals surface area contributed by atoms with Crippen LogP contribution in [0.2, 0.25) is 0 Å². The van der Waals surface area contributed by atoms with Crippen LogP contribution in [0.3, 0.4) is 0 Å². The fraction of sp³-hybridized carbons (Fsp3) is 0.368. The second kappa shape index (κ2) is 17.3. The zero-order valence-corrected chi connectivity index (χ0v) is 28.1. The summed E-state index contributed by atoms with van der Waals surface area (Å²) in [6.07, 6.45) is 9.83. The van der Waals surface area contributed by atoms with Gasteiger partial charge in [-0.1, -0.05) is 24.1 Å². The van der Waals surface area contributed by atoms with Crippen LogP contribution in [0.1, 0.15) is 31.2 Å². The molecule has 3 aromatic carbocycles. The first kappa shape index (κ1) is 35.9. The van der Waals surface area contributed by atoms with Gasteiger partial charge >= 0.3 is 12.1 Å². The van der Waals surface area contributed by atoms with Crippen molar-refractivity contribution in [3.05, 3.63) is 72.3 Å². The number of anilines is 2. The van der Waals surface area contributed by atoms with Crippen molar-refractivity contribution in [2.45, 2.75) is 25.7 Å². The van der Waals surface area contributed by atoms with Crippen molar-refractivity contribution in [2.75, 3.05) is 58.9 Å². The molecule has 0 radical (unpaired) electrons. The standard InChI is InChI=1S/C38H40N2O10/c1-4-26-7-5-9-30(21-26)40(32-10-6-8-29-22-33(47-19-17-45-2)34(23-31(29)32)48-20-18-46-3)38(44)50-25-49-37(43)28-13-11-27(12-14-28)24-39-35(41)15-16-36(39)42/h1,5-10,15-16,21-23,27-28H,11-14,17-20,24-25H2,2-3H3. The average molecular weight is 685 g/mol. The molecule has 0 saturated heterocycles. The Morgan fingerprint density at radius 3 is 2.16 bits per heavy atom. The molecule has 1 fully saturated rings. The number of imide groups is 1. The molecule has 1 aliphatic heterocycles. The van der Waals surface area contributed by atoms with Crippen LogP contribution in [0.15, 0.2) is 66.7 Å². The molecule has 1 heterocycles. The number of carbonyl (C=O) groups is 4. The molecule has 12 nitrogen and oxygen atoms in total.